The van der Waals surface area contributed by atoms with Crippen molar-refractivity contribution in [3.63, 3.8) is 0 Å². The zero-order valence-corrected chi connectivity index (χ0v) is 69.3. The molecule has 15 rings (SSSR count). The number of carbonyl (C=O) groups is 6. The summed E-state index contributed by atoms with van der Waals surface area (Å²) in [6, 6.07) is 50.3. The first-order chi connectivity index (χ1) is 59.2. The van der Waals surface area contributed by atoms with E-state index in [9.17, 15) is 68.3 Å². The molecule has 0 aliphatic rings. The Labute approximate surface area is 731 Å². The van der Waals surface area contributed by atoms with Crippen LogP contribution in [0.2, 0.25) is 30.1 Å². The Morgan fingerprint density at radius 2 is 0.680 bits per heavy atom. The lowest BCUT2D eigenvalue weighted by Gasteiger charge is -2.09. The van der Waals surface area contributed by atoms with Crippen LogP contribution in [0.15, 0.2) is 200 Å². The molecular weight excluding hydrogens is 1770 g/mol. The molecule has 125 heavy (non-hydrogen) atoms. The number of nitrogens with zero attached hydrogens (tertiary/aromatic N) is 11. The Morgan fingerprint density at radius 3 is 1.05 bits per heavy atom. The molecule has 0 saturated carbocycles. The number of amides is 3. The van der Waals surface area contributed by atoms with Crippen LogP contribution in [0.1, 0.15) is 83.7 Å². The summed E-state index contributed by atoms with van der Waals surface area (Å²) in [5.74, 6) is -3.15. The topological polar surface area (TPSA) is 317 Å². The van der Waals surface area contributed by atoms with Gasteiger partial charge in [-0.3, -0.25) is 42.8 Å². The molecule has 0 fully saturated rings. The van der Waals surface area contributed by atoms with Crippen molar-refractivity contribution in [2.75, 3.05) is 19.6 Å². The number of hydrogen-bond donors (Lipinski definition) is 7. The zero-order chi connectivity index (χ0) is 89.7. The number of benzene rings is 9. The van der Waals surface area contributed by atoms with E-state index in [1.54, 1.807) is 183 Å². The number of H-pyrrole nitrogens is 1. The smallest absolute Gasteiger partial charge is 0.416 e. The minimum atomic E-state index is -4.51. The predicted molar refractivity (Wildman–Crippen MR) is 453 cm³/mol. The van der Waals surface area contributed by atoms with Crippen LogP contribution in [0.3, 0.4) is 0 Å². The highest BCUT2D eigenvalue weighted by atomic mass is 35.5. The van der Waals surface area contributed by atoms with Crippen LogP contribution in [0.25, 0.3) is 101 Å². The third kappa shape index (κ3) is 22.1. The zero-order valence-electron chi connectivity index (χ0n) is 64.8. The fourth-order valence-electron chi connectivity index (χ4n) is 13.2. The number of imidazole rings is 3. The highest BCUT2D eigenvalue weighted by Gasteiger charge is 2.34. The summed E-state index contributed by atoms with van der Waals surface area (Å²) in [6.07, 6.45) is -14.1. The monoisotopic (exact) mass is 1830 g/mol. The van der Waals surface area contributed by atoms with Gasteiger partial charge in [0.25, 0.3) is 17.7 Å². The molecule has 0 saturated heterocycles. The largest absolute Gasteiger partial charge is 0.481 e. The average Bonchev–Trinajstić information content (AvgIpc) is 1.62. The number of carboxylic acid groups (broad SMARTS) is 3. The molecule has 0 bridgehead atoms. The minimum Gasteiger partial charge on any atom is -0.481 e. The maximum Gasteiger partial charge on any atom is 0.416 e. The first-order valence-corrected chi connectivity index (χ1v) is 39.6. The lowest BCUT2D eigenvalue weighted by atomic mass is 10.1. The highest BCUT2D eigenvalue weighted by molar-refractivity contribution is 6.36. The third-order valence-corrected chi connectivity index (χ3v) is 20.6. The van der Waals surface area contributed by atoms with Crippen LogP contribution < -0.4 is 16.0 Å². The molecule has 0 aliphatic heterocycles. The summed E-state index contributed by atoms with van der Waals surface area (Å²) in [7, 11) is 3.35. The van der Waals surface area contributed by atoms with Gasteiger partial charge in [-0.1, -0.05) is 106 Å². The number of hydrogen-bond acceptors (Lipinski definition) is 12. The number of aromatic nitrogens is 12. The van der Waals surface area contributed by atoms with Crippen LogP contribution in [0.4, 0.5) is 39.5 Å². The van der Waals surface area contributed by atoms with E-state index >= 15 is 0 Å². The van der Waals surface area contributed by atoms with E-state index in [2.05, 4.69) is 35.9 Å². The van der Waals surface area contributed by atoms with Crippen molar-refractivity contribution >= 4 is 138 Å². The summed E-state index contributed by atoms with van der Waals surface area (Å²) in [4.78, 5) is 85.6. The van der Waals surface area contributed by atoms with Crippen molar-refractivity contribution in [2.24, 2.45) is 14.1 Å². The van der Waals surface area contributed by atoms with Crippen LogP contribution in [0.5, 0.6) is 0 Å². The van der Waals surface area contributed by atoms with E-state index in [1.165, 1.54) is 18.2 Å². The van der Waals surface area contributed by atoms with Gasteiger partial charge in [-0.2, -0.15) is 54.8 Å². The van der Waals surface area contributed by atoms with Gasteiger partial charge in [0.15, 0.2) is 17.5 Å². The molecule has 9 aromatic carbocycles. The van der Waals surface area contributed by atoms with Crippen LogP contribution in [-0.2, 0) is 66.6 Å². The second kappa shape index (κ2) is 37.6. The predicted octanol–water partition coefficient (Wildman–Crippen LogP) is 20.0. The molecule has 6 aromatic heterocycles. The van der Waals surface area contributed by atoms with Crippen molar-refractivity contribution in [2.45, 2.75) is 57.4 Å². The Balaban J connectivity index is 0.000000161. The van der Waals surface area contributed by atoms with Crippen LogP contribution >= 0.6 is 69.6 Å². The molecule has 3 amide bonds. The van der Waals surface area contributed by atoms with Crippen molar-refractivity contribution in [3.8, 4) is 68.3 Å². The third-order valence-electron chi connectivity index (χ3n) is 19.3. The normalized spacial score (nSPS) is 11.7. The quantitative estimate of drug-likeness (QED) is 0.0277. The second-order valence-corrected chi connectivity index (χ2v) is 30.8. The van der Waals surface area contributed by atoms with Crippen LogP contribution in [0, 0.1) is 0 Å². The first-order valence-electron chi connectivity index (χ1n) is 37.3. The second-order valence-electron chi connectivity index (χ2n) is 28.2. The van der Waals surface area contributed by atoms with Gasteiger partial charge in [0.2, 0.25) is 0 Å². The summed E-state index contributed by atoms with van der Waals surface area (Å²) in [6.45, 7) is 0.722. The Kier molecular flexibility index (Phi) is 27.0. The summed E-state index contributed by atoms with van der Waals surface area (Å²) >= 11 is 37.3. The summed E-state index contributed by atoms with van der Waals surface area (Å²) < 4.78 is 128. The molecule has 0 unspecified atom stereocenters. The Morgan fingerprint density at radius 1 is 0.360 bits per heavy atom. The molecule has 0 aliphatic carbocycles. The van der Waals surface area contributed by atoms with Gasteiger partial charge in [0.1, 0.15) is 17.1 Å². The van der Waals surface area contributed by atoms with Gasteiger partial charge in [-0.15, -0.1) is 0 Å². The molecule has 0 atom stereocenters. The van der Waals surface area contributed by atoms with Gasteiger partial charge in [-0.05, 0) is 180 Å². The number of carboxylic acids is 3. The number of nitrogens with one attached hydrogen (secondary N) is 4. The molecule has 0 spiro atoms. The number of aryl methyl sites for hydroxylation is 2. The standard InChI is InChI=1S/2C29H22Cl2F3N5O3.C28H20Cl2F3N5O3/c1-38-24-7-6-19(29(32,33)34)12-23(24)36-27(38)25-14-22(18-10-20(30)13-21(31)11-18)37-39(25)15-16-2-4-17(5-3-16)28(42)35-9-8-26(40)41;1-38-24-12-19(29(32,33)34)6-7-22(24)36-27(38)25-14-23(18-10-20(30)13-21(31)11-18)37-39(25)15-16-2-4-17(5-3-16)28(42)35-9-8-26(40)41;29-19-9-17(10-20(30)12-19)22-13-24(26-35-21-6-5-18(28(31,32)33)11-23(21)36-26)38(37-22)14-15-1-3-16(4-2-15)27(41)34-8-7-25(39)40/h2*2-7,10-14H,8-9,15H2,1H3,(H,35,42)(H,40,41);1-6,9-13H,7-8,14H2,(H,34,41)(H,35,36)(H,39,40). The lowest BCUT2D eigenvalue weighted by Crippen LogP contribution is -2.25. The van der Waals surface area contributed by atoms with E-state index in [4.69, 9.17) is 100 Å². The molecule has 39 heteroatoms. The van der Waals surface area contributed by atoms with Gasteiger partial charge >= 0.3 is 36.4 Å². The van der Waals surface area contributed by atoms with E-state index < -0.39 is 70.8 Å². The maximum atomic E-state index is 13.4. The molecule has 24 nitrogen and oxygen atoms in total. The SMILES string of the molecule is Cn1c(-c2cc(-c3cc(Cl)cc(Cl)c3)nn2Cc2ccc(C(=O)NCCC(=O)O)cc2)nc2cc(C(F)(F)F)ccc21.Cn1c(-c2cc(-c3cc(Cl)cc(Cl)c3)nn2Cc2ccc(C(=O)NCCC(=O)O)cc2)nc2ccc(C(F)(F)F)cc21.O=C(O)CCNC(=O)c1ccc(Cn2nc(-c3cc(Cl)cc(Cl)c3)cc2-c2nc3ccc(C(F)(F)F)cc3[nH]2)cc1. The van der Waals surface area contributed by atoms with Crippen molar-refractivity contribution in [1.29, 1.82) is 0 Å². The molecule has 7 N–H and O–H groups in total. The average molecular weight is 1840 g/mol. The molecule has 642 valence electrons. The Bertz CT molecular complexity index is 6410. The molecular formula is C86H64Cl6F9N15O9. The number of carbonyl (C=O) groups excluding carboxylic acids is 3. The number of aromatic amines is 1. The van der Waals surface area contributed by atoms with Gasteiger partial charge in [-0.25, -0.2) is 15.0 Å². The molecule has 6 heterocycles. The maximum absolute atomic E-state index is 13.4. The van der Waals surface area contributed by atoms with Crippen LogP contribution in [-0.4, -0.2) is 129 Å². The van der Waals surface area contributed by atoms with E-state index in [0.717, 1.165) is 53.1 Å². The number of halogens is 15. The molecule has 15 aromatic rings. The van der Waals surface area contributed by atoms with E-state index in [1.807, 2.05) is 0 Å². The fourth-order valence-corrected chi connectivity index (χ4v) is 14.7. The number of rotatable bonds is 24. The van der Waals surface area contributed by atoms with Gasteiger partial charge < -0.3 is 45.4 Å². The summed E-state index contributed by atoms with van der Waals surface area (Å²) in [5.41, 5.74) is 7.98. The lowest BCUT2D eigenvalue weighted by molar-refractivity contribution is -0.138. The Hall–Kier alpha value is -13.1. The minimum absolute atomic E-state index is 0.00479. The van der Waals surface area contributed by atoms with Gasteiger partial charge in [0.05, 0.1) is 106 Å². The number of alkyl halides is 9. The van der Waals surface area contributed by atoms with Crippen molar-refractivity contribution < 1.29 is 83.6 Å². The van der Waals surface area contributed by atoms with Crippen molar-refractivity contribution in [3.05, 3.63) is 280 Å². The van der Waals surface area contributed by atoms with E-state index in [0.29, 0.717) is 137 Å². The fraction of sp³-hybridized carbons (Fsp3) is 0.163. The number of fused-ring (bicyclic) bond motifs is 3. The first kappa shape index (κ1) is 89.7. The molecule has 0 radical (unpaired) electrons. The summed E-state index contributed by atoms with van der Waals surface area (Å²) in [5, 5.41) is 50.6. The van der Waals surface area contributed by atoms with E-state index in [-0.39, 0.29) is 69.6 Å². The van der Waals surface area contributed by atoms with Crippen molar-refractivity contribution in [1.82, 2.24) is 74.4 Å². The number of aliphatic carboxylic acids is 3. The van der Waals surface area contributed by atoms with Gasteiger partial charge in [0, 0.05) is 97.2 Å². The highest BCUT2D eigenvalue weighted by Crippen LogP contribution is 2.40.